The van der Waals surface area contributed by atoms with Crippen LogP contribution in [0.2, 0.25) is 0 Å². The van der Waals surface area contributed by atoms with Crippen molar-refractivity contribution >= 4 is 38.5 Å². The van der Waals surface area contributed by atoms with Crippen LogP contribution in [0.5, 0.6) is 5.75 Å². The molecule has 1 aliphatic rings. The predicted molar refractivity (Wildman–Crippen MR) is 107 cm³/mol. The number of ether oxygens (including phenoxy) is 1. The highest BCUT2D eigenvalue weighted by Crippen LogP contribution is 2.35. The molecule has 1 amide bonds. The molecule has 1 N–H and O–H groups in total. The van der Waals surface area contributed by atoms with Gasteiger partial charge in [-0.15, -0.1) is 0 Å². The second kappa shape index (κ2) is 7.39. The number of rotatable bonds is 4. The van der Waals surface area contributed by atoms with Crippen molar-refractivity contribution in [2.24, 2.45) is 0 Å². The Labute approximate surface area is 168 Å². The molecule has 7 heteroatoms. The first kappa shape index (κ1) is 18.7. The van der Waals surface area contributed by atoms with Gasteiger partial charge in [-0.05, 0) is 67.6 Å². The van der Waals surface area contributed by atoms with Gasteiger partial charge >= 0.3 is 5.63 Å². The van der Waals surface area contributed by atoms with Crippen molar-refractivity contribution in [2.75, 3.05) is 11.9 Å². The van der Waals surface area contributed by atoms with Crippen molar-refractivity contribution in [2.45, 2.75) is 26.2 Å². The molecule has 1 aromatic heterocycles. The van der Waals surface area contributed by atoms with E-state index in [1.165, 1.54) is 12.1 Å². The Bertz CT molecular complexity index is 1160. The molecule has 1 heterocycles. The molecule has 144 valence electrons. The summed E-state index contributed by atoms with van der Waals surface area (Å²) >= 11 is 3.17. The van der Waals surface area contributed by atoms with Gasteiger partial charge in [-0.1, -0.05) is 15.9 Å². The summed E-state index contributed by atoms with van der Waals surface area (Å²) in [6, 6.07) is 7.99. The number of carbonyl (C=O) groups excluding carboxylic acids is 1. The van der Waals surface area contributed by atoms with E-state index in [1.54, 1.807) is 12.1 Å². The van der Waals surface area contributed by atoms with E-state index in [0.717, 1.165) is 29.4 Å². The topological polar surface area (TPSA) is 68.5 Å². The van der Waals surface area contributed by atoms with Gasteiger partial charge in [0.25, 0.3) is 5.91 Å². The van der Waals surface area contributed by atoms with Crippen molar-refractivity contribution in [3.63, 3.8) is 0 Å². The molecular weight excluding hydrogens is 429 g/mol. The average molecular weight is 446 g/mol. The highest BCUT2D eigenvalue weighted by atomic mass is 79.9. The van der Waals surface area contributed by atoms with E-state index >= 15 is 0 Å². The molecule has 0 bridgehead atoms. The molecule has 0 radical (unpaired) electrons. The van der Waals surface area contributed by atoms with E-state index in [1.807, 2.05) is 13.0 Å². The van der Waals surface area contributed by atoms with Crippen LogP contribution in [-0.4, -0.2) is 12.5 Å². The smallest absolute Gasteiger partial charge is 0.339 e. The lowest BCUT2D eigenvalue weighted by Crippen LogP contribution is -2.21. The Hall–Kier alpha value is -2.67. The van der Waals surface area contributed by atoms with E-state index in [9.17, 15) is 14.0 Å². The van der Waals surface area contributed by atoms with Gasteiger partial charge in [0.15, 0.2) is 6.61 Å². The number of amides is 1. The maximum absolute atomic E-state index is 13.9. The number of halogens is 2. The van der Waals surface area contributed by atoms with Crippen LogP contribution in [0.25, 0.3) is 11.0 Å². The number of hydrogen-bond acceptors (Lipinski definition) is 4. The molecule has 0 spiro atoms. The summed E-state index contributed by atoms with van der Waals surface area (Å²) in [5, 5.41) is 3.23. The molecule has 1 aliphatic carbocycles. The molecule has 3 aromatic rings. The zero-order chi connectivity index (χ0) is 19.8. The summed E-state index contributed by atoms with van der Waals surface area (Å²) in [5.74, 6) is -0.531. The number of hydrogen-bond donors (Lipinski definition) is 1. The number of fused-ring (bicyclic) bond motifs is 3. The van der Waals surface area contributed by atoms with E-state index < -0.39 is 11.7 Å². The second-order valence-corrected chi connectivity index (χ2v) is 7.71. The molecule has 0 saturated heterocycles. The monoisotopic (exact) mass is 445 g/mol. The van der Waals surface area contributed by atoms with Crippen LogP contribution < -0.4 is 15.7 Å². The van der Waals surface area contributed by atoms with Gasteiger partial charge in [0.05, 0.1) is 11.1 Å². The van der Waals surface area contributed by atoms with Gasteiger partial charge in [0, 0.05) is 10.0 Å². The van der Waals surface area contributed by atoms with Crippen LogP contribution in [0.15, 0.2) is 44.0 Å². The van der Waals surface area contributed by atoms with Crippen molar-refractivity contribution in [3.05, 3.63) is 67.7 Å². The fourth-order valence-electron chi connectivity index (χ4n) is 3.54. The number of nitrogens with one attached hydrogen (secondary N) is 1. The summed E-state index contributed by atoms with van der Waals surface area (Å²) in [6.07, 6.45) is 2.34. The predicted octanol–water partition coefficient (Wildman–Crippen LogP) is 4.51. The molecule has 5 nitrogen and oxygen atoms in total. The maximum Gasteiger partial charge on any atom is 0.339 e. The third-order valence-electron chi connectivity index (χ3n) is 4.74. The van der Waals surface area contributed by atoms with Crippen molar-refractivity contribution in [1.82, 2.24) is 0 Å². The third kappa shape index (κ3) is 3.54. The Balaban J connectivity index is 1.60. The van der Waals surface area contributed by atoms with Crippen LogP contribution >= 0.6 is 15.9 Å². The SMILES string of the molecule is Cc1cc(OCC(=O)Nc2ccc(Br)cc2F)c2c3c(c(=O)oc2c1)CCC3. The maximum atomic E-state index is 13.9. The molecule has 0 saturated carbocycles. The van der Waals surface area contributed by atoms with Crippen LogP contribution in [-0.2, 0) is 17.6 Å². The first-order valence-corrected chi connectivity index (χ1v) is 9.68. The minimum Gasteiger partial charge on any atom is -0.483 e. The fraction of sp³-hybridized carbons (Fsp3) is 0.238. The van der Waals surface area contributed by atoms with Gasteiger partial charge in [-0.25, -0.2) is 9.18 Å². The average Bonchev–Trinajstić information content (AvgIpc) is 3.12. The molecule has 4 rings (SSSR count). The number of aryl methyl sites for hydroxylation is 2. The first-order valence-electron chi connectivity index (χ1n) is 8.89. The fourth-order valence-corrected chi connectivity index (χ4v) is 3.87. The number of carbonyl (C=O) groups is 1. The third-order valence-corrected chi connectivity index (χ3v) is 5.24. The zero-order valence-electron chi connectivity index (χ0n) is 15.1. The zero-order valence-corrected chi connectivity index (χ0v) is 16.7. The summed E-state index contributed by atoms with van der Waals surface area (Å²) in [7, 11) is 0. The standard InChI is InChI=1S/C21H17BrFNO4/c1-11-7-17(20-13-3-2-4-14(13)21(26)28-18(20)8-11)27-10-19(25)24-16-6-5-12(22)9-15(16)23/h5-9H,2-4,10H2,1H3,(H,24,25). The minimum atomic E-state index is -0.539. The normalized spacial score (nSPS) is 12.8. The summed E-state index contributed by atoms with van der Waals surface area (Å²) < 4.78 is 25.7. The van der Waals surface area contributed by atoms with Gasteiger partial charge in [0.2, 0.25) is 0 Å². The minimum absolute atomic E-state index is 0.0813. The second-order valence-electron chi connectivity index (χ2n) is 6.80. The van der Waals surface area contributed by atoms with Crippen molar-refractivity contribution < 1.29 is 18.3 Å². The Morgan fingerprint density at radius 2 is 2.04 bits per heavy atom. The molecule has 0 fully saturated rings. The lowest BCUT2D eigenvalue weighted by molar-refractivity contribution is -0.118. The van der Waals surface area contributed by atoms with Crippen LogP contribution in [0.3, 0.4) is 0 Å². The highest BCUT2D eigenvalue weighted by molar-refractivity contribution is 9.10. The van der Waals surface area contributed by atoms with Gasteiger partial charge < -0.3 is 14.5 Å². The van der Waals surface area contributed by atoms with E-state index in [-0.39, 0.29) is 17.9 Å². The lowest BCUT2D eigenvalue weighted by Gasteiger charge is -2.13. The summed E-state index contributed by atoms with van der Waals surface area (Å²) in [5.41, 5.74) is 2.70. The summed E-state index contributed by atoms with van der Waals surface area (Å²) in [6.45, 7) is 1.57. The summed E-state index contributed by atoms with van der Waals surface area (Å²) in [4.78, 5) is 24.4. The van der Waals surface area contributed by atoms with Gasteiger partial charge in [0.1, 0.15) is 17.1 Å². The largest absolute Gasteiger partial charge is 0.483 e. The van der Waals surface area contributed by atoms with Crippen LogP contribution in [0.4, 0.5) is 10.1 Å². The number of anilines is 1. The molecule has 0 aliphatic heterocycles. The van der Waals surface area contributed by atoms with Gasteiger partial charge in [-0.2, -0.15) is 0 Å². The molecule has 0 unspecified atom stereocenters. The molecular formula is C21H17BrFNO4. The first-order chi connectivity index (χ1) is 13.4. The van der Waals surface area contributed by atoms with Crippen molar-refractivity contribution in [3.8, 4) is 5.75 Å². The Morgan fingerprint density at radius 3 is 2.82 bits per heavy atom. The van der Waals surface area contributed by atoms with Crippen molar-refractivity contribution in [1.29, 1.82) is 0 Å². The molecule has 28 heavy (non-hydrogen) atoms. The van der Waals surface area contributed by atoms with Crippen LogP contribution in [0.1, 0.15) is 23.1 Å². The van der Waals surface area contributed by atoms with E-state index in [4.69, 9.17) is 9.15 Å². The number of benzene rings is 2. The quantitative estimate of drug-likeness (QED) is 0.599. The van der Waals surface area contributed by atoms with Gasteiger partial charge in [-0.3, -0.25) is 4.79 Å². The van der Waals surface area contributed by atoms with E-state index in [0.29, 0.717) is 27.8 Å². The highest BCUT2D eigenvalue weighted by Gasteiger charge is 2.22. The van der Waals surface area contributed by atoms with E-state index in [2.05, 4.69) is 21.2 Å². The van der Waals surface area contributed by atoms with Crippen LogP contribution in [0, 0.1) is 12.7 Å². The Morgan fingerprint density at radius 1 is 1.25 bits per heavy atom. The lowest BCUT2D eigenvalue weighted by atomic mass is 10.0. The molecule has 2 aromatic carbocycles. The molecule has 0 atom stereocenters. The Kier molecular flexibility index (Phi) is 4.93.